The van der Waals surface area contributed by atoms with Crippen molar-refractivity contribution < 1.29 is 4.74 Å². The van der Waals surface area contributed by atoms with Crippen LogP contribution in [0.4, 0.5) is 5.69 Å². The lowest BCUT2D eigenvalue weighted by Crippen LogP contribution is -2.20. The van der Waals surface area contributed by atoms with Crippen LogP contribution in [0.25, 0.3) is 0 Å². The zero-order valence-corrected chi connectivity index (χ0v) is 11.0. The average molecular weight is 245 g/mol. The van der Waals surface area contributed by atoms with Gasteiger partial charge in [-0.05, 0) is 26.0 Å². The molecule has 4 heteroatoms. The molecule has 1 aromatic carbocycles. The SMILES string of the molecule is COC(C)(C)c1cnc(CNc2ccccc2)[nH]1. The Morgan fingerprint density at radius 1 is 1.28 bits per heavy atom. The van der Waals surface area contributed by atoms with Gasteiger partial charge in [0.05, 0.1) is 18.4 Å². The van der Waals surface area contributed by atoms with E-state index in [2.05, 4.69) is 15.3 Å². The summed E-state index contributed by atoms with van der Waals surface area (Å²) in [4.78, 5) is 7.62. The molecule has 1 aromatic heterocycles. The first-order valence-electron chi connectivity index (χ1n) is 6.00. The molecule has 0 bridgehead atoms. The monoisotopic (exact) mass is 245 g/mol. The highest BCUT2D eigenvalue weighted by molar-refractivity contribution is 5.42. The molecule has 2 aromatic rings. The van der Waals surface area contributed by atoms with Gasteiger partial charge in [-0.1, -0.05) is 18.2 Å². The van der Waals surface area contributed by atoms with Gasteiger partial charge in [0.1, 0.15) is 11.4 Å². The van der Waals surface area contributed by atoms with Crippen LogP contribution in [-0.4, -0.2) is 17.1 Å². The molecule has 0 saturated carbocycles. The number of ether oxygens (including phenoxy) is 1. The van der Waals surface area contributed by atoms with Crippen molar-refractivity contribution in [3.05, 3.63) is 48.0 Å². The van der Waals surface area contributed by atoms with Gasteiger partial charge in [-0.15, -0.1) is 0 Å². The number of methoxy groups -OCH3 is 1. The van der Waals surface area contributed by atoms with Gasteiger partial charge in [-0.2, -0.15) is 0 Å². The Balaban J connectivity index is 1.99. The zero-order chi connectivity index (χ0) is 13.0. The molecule has 0 atom stereocenters. The summed E-state index contributed by atoms with van der Waals surface area (Å²) in [6.07, 6.45) is 1.82. The molecule has 0 spiro atoms. The van der Waals surface area contributed by atoms with Crippen molar-refractivity contribution in [3.63, 3.8) is 0 Å². The van der Waals surface area contributed by atoms with Crippen molar-refractivity contribution in [2.24, 2.45) is 0 Å². The molecule has 0 unspecified atom stereocenters. The maximum absolute atomic E-state index is 5.41. The smallest absolute Gasteiger partial charge is 0.125 e. The van der Waals surface area contributed by atoms with Gasteiger partial charge in [0.15, 0.2) is 0 Å². The Kier molecular flexibility index (Phi) is 3.67. The molecule has 2 N–H and O–H groups in total. The van der Waals surface area contributed by atoms with Crippen LogP contribution in [0.5, 0.6) is 0 Å². The fourth-order valence-corrected chi connectivity index (χ4v) is 1.61. The number of H-pyrrole nitrogens is 1. The molecular formula is C14H19N3O. The number of hydrogen-bond acceptors (Lipinski definition) is 3. The van der Waals surface area contributed by atoms with E-state index >= 15 is 0 Å². The third kappa shape index (κ3) is 2.90. The minimum Gasteiger partial charge on any atom is -0.378 e. The normalized spacial score (nSPS) is 11.5. The van der Waals surface area contributed by atoms with E-state index in [-0.39, 0.29) is 5.60 Å². The summed E-state index contributed by atoms with van der Waals surface area (Å²) in [6.45, 7) is 4.69. The van der Waals surface area contributed by atoms with Crippen molar-refractivity contribution in [2.45, 2.75) is 26.0 Å². The quantitative estimate of drug-likeness (QED) is 0.851. The molecule has 4 nitrogen and oxygen atoms in total. The molecule has 0 aliphatic rings. The van der Waals surface area contributed by atoms with Gasteiger partial charge in [-0.25, -0.2) is 4.98 Å². The summed E-state index contributed by atoms with van der Waals surface area (Å²) in [5, 5.41) is 3.31. The van der Waals surface area contributed by atoms with Crippen molar-refractivity contribution in [1.29, 1.82) is 0 Å². The number of aromatic amines is 1. The second kappa shape index (κ2) is 5.23. The average Bonchev–Trinajstić information content (AvgIpc) is 2.87. The molecule has 96 valence electrons. The number of para-hydroxylation sites is 1. The maximum Gasteiger partial charge on any atom is 0.125 e. The van der Waals surface area contributed by atoms with E-state index in [1.807, 2.05) is 50.4 Å². The molecule has 1 heterocycles. The van der Waals surface area contributed by atoms with Crippen LogP contribution in [0.2, 0.25) is 0 Å². The third-order valence-corrected chi connectivity index (χ3v) is 3.02. The molecule has 18 heavy (non-hydrogen) atoms. The van der Waals surface area contributed by atoms with Crippen LogP contribution >= 0.6 is 0 Å². The van der Waals surface area contributed by atoms with E-state index in [0.29, 0.717) is 6.54 Å². The molecular weight excluding hydrogens is 226 g/mol. The highest BCUT2D eigenvalue weighted by Crippen LogP contribution is 2.21. The van der Waals surface area contributed by atoms with E-state index in [0.717, 1.165) is 17.2 Å². The standard InChI is InChI=1S/C14H19N3O/c1-14(2,18-3)12-9-16-13(17-12)10-15-11-7-5-4-6-8-11/h4-9,15H,10H2,1-3H3,(H,16,17). The van der Waals surface area contributed by atoms with E-state index in [1.54, 1.807) is 7.11 Å². The summed E-state index contributed by atoms with van der Waals surface area (Å²) < 4.78 is 5.41. The van der Waals surface area contributed by atoms with E-state index in [9.17, 15) is 0 Å². The van der Waals surface area contributed by atoms with E-state index in [1.165, 1.54) is 0 Å². The molecule has 0 amide bonds. The topological polar surface area (TPSA) is 49.9 Å². The fraction of sp³-hybridized carbons (Fsp3) is 0.357. The van der Waals surface area contributed by atoms with Crippen LogP contribution < -0.4 is 5.32 Å². The number of aromatic nitrogens is 2. The van der Waals surface area contributed by atoms with Gasteiger partial charge in [0, 0.05) is 12.8 Å². The van der Waals surface area contributed by atoms with E-state index < -0.39 is 0 Å². The van der Waals surface area contributed by atoms with Crippen LogP contribution in [-0.2, 0) is 16.9 Å². The van der Waals surface area contributed by atoms with Gasteiger partial charge >= 0.3 is 0 Å². The van der Waals surface area contributed by atoms with Crippen molar-refractivity contribution >= 4 is 5.69 Å². The van der Waals surface area contributed by atoms with Crippen LogP contribution in [0.15, 0.2) is 36.5 Å². The zero-order valence-electron chi connectivity index (χ0n) is 11.0. The number of nitrogens with zero attached hydrogens (tertiary/aromatic N) is 1. The Labute approximate surface area is 107 Å². The molecule has 0 saturated heterocycles. The minimum atomic E-state index is -0.335. The molecule has 0 radical (unpaired) electrons. The summed E-state index contributed by atoms with van der Waals surface area (Å²) in [6, 6.07) is 10.1. The molecule has 0 aliphatic heterocycles. The largest absolute Gasteiger partial charge is 0.378 e. The first-order valence-corrected chi connectivity index (χ1v) is 6.00. The summed E-state index contributed by atoms with van der Waals surface area (Å²) >= 11 is 0. The van der Waals surface area contributed by atoms with Crippen molar-refractivity contribution in [2.75, 3.05) is 12.4 Å². The molecule has 0 fully saturated rings. The lowest BCUT2D eigenvalue weighted by Gasteiger charge is -2.20. The van der Waals surface area contributed by atoms with Gasteiger partial charge in [0.2, 0.25) is 0 Å². The number of imidazole rings is 1. The predicted octanol–water partition coefficient (Wildman–Crippen LogP) is 2.90. The van der Waals surface area contributed by atoms with Gasteiger partial charge in [-0.3, -0.25) is 0 Å². The van der Waals surface area contributed by atoms with E-state index in [4.69, 9.17) is 4.74 Å². The highest BCUT2D eigenvalue weighted by Gasteiger charge is 2.21. The summed E-state index contributed by atoms with van der Waals surface area (Å²) in [5.41, 5.74) is 1.73. The Hall–Kier alpha value is -1.81. The Bertz CT molecular complexity index is 491. The number of anilines is 1. The lowest BCUT2D eigenvalue weighted by molar-refractivity contribution is 0.0157. The summed E-state index contributed by atoms with van der Waals surface area (Å²) in [7, 11) is 1.70. The van der Waals surface area contributed by atoms with Gasteiger partial charge < -0.3 is 15.0 Å². The minimum absolute atomic E-state index is 0.335. The molecule has 2 rings (SSSR count). The molecule has 0 aliphatic carbocycles. The van der Waals surface area contributed by atoms with Crippen LogP contribution in [0.3, 0.4) is 0 Å². The number of rotatable bonds is 5. The fourth-order valence-electron chi connectivity index (χ4n) is 1.61. The van der Waals surface area contributed by atoms with Crippen molar-refractivity contribution in [3.8, 4) is 0 Å². The predicted molar refractivity (Wildman–Crippen MR) is 72.4 cm³/mol. The van der Waals surface area contributed by atoms with Crippen molar-refractivity contribution in [1.82, 2.24) is 9.97 Å². The number of hydrogen-bond donors (Lipinski definition) is 2. The maximum atomic E-state index is 5.41. The second-order valence-corrected chi connectivity index (χ2v) is 4.68. The number of nitrogens with one attached hydrogen (secondary N) is 2. The lowest BCUT2D eigenvalue weighted by atomic mass is 10.1. The van der Waals surface area contributed by atoms with Gasteiger partial charge in [0.25, 0.3) is 0 Å². The first kappa shape index (κ1) is 12.6. The number of benzene rings is 1. The summed E-state index contributed by atoms with van der Waals surface area (Å²) in [5.74, 6) is 0.902. The Morgan fingerprint density at radius 3 is 2.67 bits per heavy atom. The Morgan fingerprint density at radius 2 is 2.00 bits per heavy atom. The van der Waals surface area contributed by atoms with Crippen LogP contribution in [0, 0.1) is 0 Å². The second-order valence-electron chi connectivity index (χ2n) is 4.68. The first-order chi connectivity index (χ1) is 8.62. The third-order valence-electron chi connectivity index (χ3n) is 3.02. The highest BCUT2D eigenvalue weighted by atomic mass is 16.5. The van der Waals surface area contributed by atoms with Crippen LogP contribution in [0.1, 0.15) is 25.4 Å².